The van der Waals surface area contributed by atoms with Crippen molar-refractivity contribution in [3.8, 4) is 0 Å². The van der Waals surface area contributed by atoms with Crippen LogP contribution in [0.1, 0.15) is 25.3 Å². The van der Waals surface area contributed by atoms with E-state index in [1.54, 1.807) is 18.2 Å². The summed E-state index contributed by atoms with van der Waals surface area (Å²) >= 11 is 0. The molecule has 7 nitrogen and oxygen atoms in total. The molecule has 0 aliphatic rings. The van der Waals surface area contributed by atoms with Crippen molar-refractivity contribution in [3.05, 3.63) is 60.0 Å². The first kappa shape index (κ1) is 19.6. The quantitative estimate of drug-likeness (QED) is 0.583. The largest absolute Gasteiger partial charge is 0.440 e. The Bertz CT molecular complexity index is 966. The van der Waals surface area contributed by atoms with Crippen LogP contribution in [0.2, 0.25) is 0 Å². The van der Waals surface area contributed by atoms with Crippen LogP contribution in [0, 0.1) is 5.92 Å². The number of anilines is 1. The van der Waals surface area contributed by atoms with Crippen LogP contribution >= 0.6 is 0 Å². The zero-order chi connectivity index (χ0) is 20.1. The molecular weight excluding hydrogens is 356 g/mol. The van der Waals surface area contributed by atoms with Gasteiger partial charge in [-0.2, -0.15) is 0 Å². The van der Waals surface area contributed by atoms with Gasteiger partial charge in [0, 0.05) is 18.2 Å². The number of nitrogens with zero attached hydrogens (tertiary/aromatic N) is 1. The fraction of sp³-hybridized carbons (Fsp3) is 0.286. The minimum atomic E-state index is -0.638. The smallest absolute Gasteiger partial charge is 0.243 e. The van der Waals surface area contributed by atoms with Crippen molar-refractivity contribution in [3.63, 3.8) is 0 Å². The Labute approximate surface area is 163 Å². The van der Waals surface area contributed by atoms with Crippen molar-refractivity contribution in [2.45, 2.75) is 26.3 Å². The number of carbonyl (C=O) groups is 2. The molecule has 0 saturated carbocycles. The molecule has 0 spiro atoms. The van der Waals surface area contributed by atoms with Gasteiger partial charge >= 0.3 is 0 Å². The number of fused-ring (bicyclic) bond motifs is 1. The molecule has 0 aliphatic carbocycles. The molecule has 0 radical (unpaired) electrons. The topological polar surface area (TPSA) is 110 Å². The Balaban J connectivity index is 1.61. The van der Waals surface area contributed by atoms with Crippen LogP contribution in [0.3, 0.4) is 0 Å². The van der Waals surface area contributed by atoms with Gasteiger partial charge in [0.05, 0.1) is 12.6 Å². The van der Waals surface area contributed by atoms with Gasteiger partial charge in [0.25, 0.3) is 0 Å². The van der Waals surface area contributed by atoms with Crippen molar-refractivity contribution in [2.75, 3.05) is 11.9 Å². The average Bonchev–Trinajstić information content (AvgIpc) is 3.07. The number of oxazole rings is 1. The van der Waals surface area contributed by atoms with Gasteiger partial charge in [-0.15, -0.1) is 0 Å². The molecule has 0 unspecified atom stereocenters. The molecule has 3 aromatic rings. The second kappa shape index (κ2) is 8.67. The third-order valence-electron chi connectivity index (χ3n) is 4.36. The van der Waals surface area contributed by atoms with Gasteiger partial charge in [-0.05, 0) is 23.6 Å². The Kier molecular flexibility index (Phi) is 6.06. The van der Waals surface area contributed by atoms with E-state index in [4.69, 9.17) is 10.2 Å². The molecule has 4 N–H and O–H groups in total. The van der Waals surface area contributed by atoms with E-state index < -0.39 is 6.04 Å². The molecule has 1 heterocycles. The highest BCUT2D eigenvalue weighted by Gasteiger charge is 2.17. The lowest BCUT2D eigenvalue weighted by Gasteiger charge is -2.15. The number of nitrogens with two attached hydrogens (primary N) is 1. The summed E-state index contributed by atoms with van der Waals surface area (Å²) in [5.74, 6) is -0.0734. The highest BCUT2D eigenvalue weighted by atomic mass is 16.3. The summed E-state index contributed by atoms with van der Waals surface area (Å²) < 4.78 is 5.80. The lowest BCUT2D eigenvalue weighted by Crippen LogP contribution is -2.46. The number of rotatable bonds is 7. The van der Waals surface area contributed by atoms with Crippen molar-refractivity contribution < 1.29 is 14.0 Å². The van der Waals surface area contributed by atoms with Crippen LogP contribution in [-0.4, -0.2) is 29.4 Å². The fourth-order valence-corrected chi connectivity index (χ4v) is 2.69. The number of carbonyl (C=O) groups excluding carboxylic acids is 2. The molecule has 1 aromatic heterocycles. The lowest BCUT2D eigenvalue weighted by molar-refractivity contribution is -0.125. The maximum Gasteiger partial charge on any atom is 0.243 e. The molecule has 146 valence electrons. The highest BCUT2D eigenvalue weighted by molar-refractivity contribution is 5.96. The summed E-state index contributed by atoms with van der Waals surface area (Å²) in [5, 5.41) is 5.27. The van der Waals surface area contributed by atoms with Gasteiger partial charge in [-0.3, -0.25) is 9.59 Å². The van der Waals surface area contributed by atoms with Crippen LogP contribution in [0.25, 0.3) is 11.1 Å². The van der Waals surface area contributed by atoms with Crippen molar-refractivity contribution in [2.24, 2.45) is 11.7 Å². The molecule has 0 aliphatic heterocycles. The minimum absolute atomic E-state index is 0.00185. The summed E-state index contributed by atoms with van der Waals surface area (Å²) in [5.41, 5.74) is 8.75. The fourth-order valence-electron chi connectivity index (χ4n) is 2.69. The predicted molar refractivity (Wildman–Crippen MR) is 108 cm³/mol. The van der Waals surface area contributed by atoms with E-state index in [2.05, 4.69) is 15.6 Å². The molecule has 2 aromatic carbocycles. The maximum absolute atomic E-state index is 12.1. The van der Waals surface area contributed by atoms with Crippen LogP contribution in [0.5, 0.6) is 0 Å². The van der Waals surface area contributed by atoms with Gasteiger partial charge in [-0.25, -0.2) is 4.98 Å². The number of amides is 2. The van der Waals surface area contributed by atoms with Crippen molar-refractivity contribution in [1.29, 1.82) is 0 Å². The maximum atomic E-state index is 12.1. The standard InChI is InChI=1S/C21H24N4O3/c1-13(2)20(22)21(27)23-12-18(26)24-15-8-9-16-17(11-15)28-19(25-16)10-14-6-4-3-5-7-14/h3-9,11,13,20H,10,12,22H2,1-2H3,(H,23,27)(H,24,26)/t20-/m0/s1. The van der Waals surface area contributed by atoms with Gasteiger partial charge in [0.2, 0.25) is 11.8 Å². The minimum Gasteiger partial charge on any atom is -0.440 e. The van der Waals surface area contributed by atoms with Crippen LogP contribution in [0.4, 0.5) is 5.69 Å². The normalized spacial score (nSPS) is 12.1. The summed E-state index contributed by atoms with van der Waals surface area (Å²) in [7, 11) is 0. The monoisotopic (exact) mass is 380 g/mol. The molecule has 1 atom stereocenters. The van der Waals surface area contributed by atoms with Gasteiger partial charge in [-0.1, -0.05) is 44.2 Å². The summed E-state index contributed by atoms with van der Waals surface area (Å²) in [4.78, 5) is 28.4. The molecule has 2 amide bonds. The molecule has 0 bridgehead atoms. The van der Waals surface area contributed by atoms with Crippen molar-refractivity contribution >= 4 is 28.6 Å². The third kappa shape index (κ3) is 4.95. The van der Waals surface area contributed by atoms with Crippen molar-refractivity contribution in [1.82, 2.24) is 10.3 Å². The number of benzene rings is 2. The Morgan fingerprint density at radius 3 is 2.61 bits per heavy atom. The van der Waals surface area contributed by atoms with Gasteiger partial charge in [0.1, 0.15) is 5.52 Å². The highest BCUT2D eigenvalue weighted by Crippen LogP contribution is 2.21. The first-order valence-corrected chi connectivity index (χ1v) is 9.19. The van der Waals surface area contributed by atoms with E-state index in [-0.39, 0.29) is 24.3 Å². The Hall–Kier alpha value is -3.19. The average molecular weight is 380 g/mol. The van der Waals surface area contributed by atoms with Gasteiger partial charge in [0.15, 0.2) is 11.5 Å². The molecular formula is C21H24N4O3. The van der Waals surface area contributed by atoms with E-state index in [1.165, 1.54) is 0 Å². The number of hydrogen-bond acceptors (Lipinski definition) is 5. The molecule has 0 fully saturated rings. The van der Waals surface area contributed by atoms with E-state index in [9.17, 15) is 9.59 Å². The van der Waals surface area contributed by atoms with E-state index in [0.29, 0.717) is 23.6 Å². The Morgan fingerprint density at radius 2 is 1.89 bits per heavy atom. The molecule has 0 saturated heterocycles. The number of nitrogens with one attached hydrogen (secondary N) is 2. The SMILES string of the molecule is CC(C)[C@H](N)C(=O)NCC(=O)Nc1ccc2nc(Cc3ccccc3)oc2c1. The summed E-state index contributed by atoms with van der Waals surface area (Å²) in [6.07, 6.45) is 0.597. The summed E-state index contributed by atoms with van der Waals surface area (Å²) in [6, 6.07) is 14.5. The third-order valence-corrected chi connectivity index (χ3v) is 4.36. The van der Waals surface area contributed by atoms with Crippen LogP contribution in [0.15, 0.2) is 52.9 Å². The molecule has 3 rings (SSSR count). The van der Waals surface area contributed by atoms with Crippen LogP contribution in [-0.2, 0) is 16.0 Å². The zero-order valence-corrected chi connectivity index (χ0v) is 15.9. The van der Waals surface area contributed by atoms with E-state index in [0.717, 1.165) is 11.1 Å². The van der Waals surface area contributed by atoms with Gasteiger partial charge < -0.3 is 20.8 Å². The summed E-state index contributed by atoms with van der Waals surface area (Å²) in [6.45, 7) is 3.55. The Morgan fingerprint density at radius 1 is 1.14 bits per heavy atom. The zero-order valence-electron chi connectivity index (χ0n) is 15.9. The first-order valence-electron chi connectivity index (χ1n) is 9.19. The van der Waals surface area contributed by atoms with Crippen LogP contribution < -0.4 is 16.4 Å². The molecule has 7 heteroatoms. The second-order valence-electron chi connectivity index (χ2n) is 6.99. The number of aromatic nitrogens is 1. The first-order chi connectivity index (χ1) is 13.4. The van der Waals surface area contributed by atoms with E-state index >= 15 is 0 Å². The predicted octanol–water partition coefficient (Wildman–Crippen LogP) is 2.46. The second-order valence-corrected chi connectivity index (χ2v) is 6.99. The van der Waals surface area contributed by atoms with E-state index in [1.807, 2.05) is 44.2 Å². The lowest BCUT2D eigenvalue weighted by atomic mass is 10.1. The molecule has 28 heavy (non-hydrogen) atoms. The number of hydrogen-bond donors (Lipinski definition) is 3.